The molecule has 0 N–H and O–H groups in total. The van der Waals surface area contributed by atoms with Crippen LogP contribution < -0.4 is 0 Å². The fourth-order valence-corrected chi connectivity index (χ4v) is 1.64. The smallest absolute Gasteiger partial charge is 0.249 e. The molecule has 0 saturated heterocycles. The van der Waals surface area contributed by atoms with Gasteiger partial charge in [-0.25, -0.2) is 0 Å². The Morgan fingerprint density at radius 2 is 1.82 bits per heavy atom. The van der Waals surface area contributed by atoms with Crippen LogP contribution in [0.5, 0.6) is 0 Å². The molecule has 3 nitrogen and oxygen atoms in total. The van der Waals surface area contributed by atoms with Crippen LogP contribution in [-0.4, -0.2) is 10.1 Å². The van der Waals surface area contributed by atoms with Crippen LogP contribution in [0.2, 0.25) is 0 Å². The Balaban J connectivity index is 2.27. The maximum atomic E-state index is 6.30. The highest BCUT2D eigenvalue weighted by Crippen LogP contribution is 2.29. The minimum absolute atomic E-state index is 0.130. The summed E-state index contributed by atoms with van der Waals surface area (Å²) in [5.74, 6) is 1.12. The standard InChI is InChI=1S/C13H15ClN2O/c1-13(2,3)12-15-11(17-16-12)10(14)9-7-5-4-6-8-9/h4-8,10H,1-3H3. The lowest BCUT2D eigenvalue weighted by atomic mass is 9.96. The van der Waals surface area contributed by atoms with Crippen molar-refractivity contribution in [2.75, 3.05) is 0 Å². The van der Waals surface area contributed by atoms with E-state index >= 15 is 0 Å². The first-order valence-electron chi connectivity index (χ1n) is 5.51. The van der Waals surface area contributed by atoms with Gasteiger partial charge in [0.1, 0.15) is 5.38 Å². The Morgan fingerprint density at radius 1 is 1.18 bits per heavy atom. The van der Waals surface area contributed by atoms with Gasteiger partial charge in [-0.2, -0.15) is 4.98 Å². The minimum Gasteiger partial charge on any atom is -0.337 e. The summed E-state index contributed by atoms with van der Waals surface area (Å²) in [6.07, 6.45) is 0. The molecular formula is C13H15ClN2O. The van der Waals surface area contributed by atoms with E-state index in [4.69, 9.17) is 16.1 Å². The summed E-state index contributed by atoms with van der Waals surface area (Å²) in [5, 5.41) is 3.57. The normalized spacial score (nSPS) is 13.6. The van der Waals surface area contributed by atoms with Gasteiger partial charge in [0, 0.05) is 5.41 Å². The Bertz CT molecular complexity index is 488. The largest absolute Gasteiger partial charge is 0.337 e. The third-order valence-corrected chi connectivity index (χ3v) is 2.86. The Morgan fingerprint density at radius 3 is 2.35 bits per heavy atom. The molecule has 1 atom stereocenters. The molecule has 17 heavy (non-hydrogen) atoms. The van der Waals surface area contributed by atoms with Crippen molar-refractivity contribution in [3.63, 3.8) is 0 Å². The van der Waals surface area contributed by atoms with E-state index in [1.54, 1.807) is 0 Å². The number of alkyl halides is 1. The third-order valence-electron chi connectivity index (χ3n) is 2.42. The van der Waals surface area contributed by atoms with Gasteiger partial charge in [0.15, 0.2) is 5.82 Å². The molecule has 0 bridgehead atoms. The van der Waals surface area contributed by atoms with Crippen molar-refractivity contribution in [1.29, 1.82) is 0 Å². The zero-order valence-electron chi connectivity index (χ0n) is 10.1. The van der Waals surface area contributed by atoms with E-state index in [0.717, 1.165) is 5.56 Å². The van der Waals surface area contributed by atoms with Crippen molar-refractivity contribution in [3.05, 3.63) is 47.6 Å². The first-order valence-corrected chi connectivity index (χ1v) is 5.95. The molecule has 0 aliphatic carbocycles. The minimum atomic E-state index is -0.389. The predicted octanol–water partition coefficient (Wildman–Crippen LogP) is 3.70. The zero-order chi connectivity index (χ0) is 12.5. The fraction of sp³-hybridized carbons (Fsp3) is 0.385. The molecule has 90 valence electrons. The van der Waals surface area contributed by atoms with Crippen molar-refractivity contribution in [1.82, 2.24) is 10.1 Å². The van der Waals surface area contributed by atoms with Crippen molar-refractivity contribution in [2.24, 2.45) is 0 Å². The molecule has 1 aromatic heterocycles. The lowest BCUT2D eigenvalue weighted by molar-refractivity contribution is 0.366. The molecule has 4 heteroatoms. The summed E-state index contributed by atoms with van der Waals surface area (Å²) < 4.78 is 5.21. The quantitative estimate of drug-likeness (QED) is 0.763. The van der Waals surface area contributed by atoms with Crippen LogP contribution >= 0.6 is 11.6 Å². The lowest BCUT2D eigenvalue weighted by Gasteiger charge is -2.11. The van der Waals surface area contributed by atoms with E-state index in [0.29, 0.717) is 11.7 Å². The van der Waals surface area contributed by atoms with Crippen molar-refractivity contribution in [3.8, 4) is 0 Å². The second-order valence-electron chi connectivity index (χ2n) is 4.98. The summed E-state index contributed by atoms with van der Waals surface area (Å²) >= 11 is 6.30. The number of rotatable bonds is 2. The van der Waals surface area contributed by atoms with E-state index in [1.807, 2.05) is 51.1 Å². The Hall–Kier alpha value is -1.35. The van der Waals surface area contributed by atoms with Crippen molar-refractivity contribution >= 4 is 11.6 Å². The average molecular weight is 251 g/mol. The molecule has 0 aliphatic heterocycles. The van der Waals surface area contributed by atoms with Gasteiger partial charge >= 0.3 is 0 Å². The molecule has 0 aliphatic rings. The first kappa shape index (κ1) is 12.1. The third kappa shape index (κ3) is 2.67. The Labute approximate surface area is 106 Å². The second-order valence-corrected chi connectivity index (χ2v) is 5.42. The van der Waals surface area contributed by atoms with E-state index in [1.165, 1.54) is 0 Å². The van der Waals surface area contributed by atoms with Gasteiger partial charge in [-0.05, 0) is 5.56 Å². The zero-order valence-corrected chi connectivity index (χ0v) is 10.9. The Kier molecular flexibility index (Phi) is 3.20. The summed E-state index contributed by atoms with van der Waals surface area (Å²) in [6.45, 7) is 6.11. The number of aromatic nitrogens is 2. The van der Waals surface area contributed by atoms with E-state index < -0.39 is 0 Å². The summed E-state index contributed by atoms with van der Waals surface area (Å²) in [4.78, 5) is 4.35. The van der Waals surface area contributed by atoms with Crippen LogP contribution in [0.1, 0.15) is 43.4 Å². The molecule has 0 amide bonds. The molecular weight excluding hydrogens is 236 g/mol. The molecule has 1 aromatic carbocycles. The predicted molar refractivity (Wildman–Crippen MR) is 67.1 cm³/mol. The monoisotopic (exact) mass is 250 g/mol. The number of nitrogens with zero attached hydrogens (tertiary/aromatic N) is 2. The fourth-order valence-electron chi connectivity index (χ4n) is 1.41. The molecule has 0 fully saturated rings. The first-order chi connectivity index (χ1) is 7.98. The van der Waals surface area contributed by atoms with Crippen LogP contribution in [0.4, 0.5) is 0 Å². The van der Waals surface area contributed by atoms with Gasteiger partial charge in [-0.3, -0.25) is 0 Å². The molecule has 1 heterocycles. The summed E-state index contributed by atoms with van der Waals surface area (Å²) in [6, 6.07) is 9.70. The van der Waals surface area contributed by atoms with Crippen molar-refractivity contribution < 1.29 is 4.52 Å². The van der Waals surface area contributed by atoms with Gasteiger partial charge in [0.05, 0.1) is 0 Å². The number of halogens is 1. The van der Waals surface area contributed by atoms with Gasteiger partial charge in [-0.1, -0.05) is 56.3 Å². The number of hydrogen-bond acceptors (Lipinski definition) is 3. The van der Waals surface area contributed by atoms with E-state index in [9.17, 15) is 0 Å². The average Bonchev–Trinajstić information content (AvgIpc) is 2.78. The highest BCUT2D eigenvalue weighted by molar-refractivity contribution is 6.22. The van der Waals surface area contributed by atoms with Crippen LogP contribution in [0.15, 0.2) is 34.9 Å². The topological polar surface area (TPSA) is 38.9 Å². The van der Waals surface area contributed by atoms with Gasteiger partial charge in [0.25, 0.3) is 0 Å². The highest BCUT2D eigenvalue weighted by atomic mass is 35.5. The van der Waals surface area contributed by atoms with Crippen LogP contribution in [0.25, 0.3) is 0 Å². The van der Waals surface area contributed by atoms with Gasteiger partial charge < -0.3 is 4.52 Å². The molecule has 1 unspecified atom stereocenters. The number of hydrogen-bond donors (Lipinski definition) is 0. The van der Waals surface area contributed by atoms with E-state index in [2.05, 4.69) is 10.1 Å². The molecule has 0 saturated carbocycles. The van der Waals surface area contributed by atoms with Crippen LogP contribution in [0, 0.1) is 0 Å². The summed E-state index contributed by atoms with van der Waals surface area (Å²) in [5.41, 5.74) is 0.827. The molecule has 0 radical (unpaired) electrons. The van der Waals surface area contributed by atoms with Crippen LogP contribution in [0.3, 0.4) is 0 Å². The van der Waals surface area contributed by atoms with Gasteiger partial charge in [-0.15, -0.1) is 11.6 Å². The molecule has 2 aromatic rings. The van der Waals surface area contributed by atoms with Gasteiger partial charge in [0.2, 0.25) is 5.89 Å². The maximum absolute atomic E-state index is 6.30. The van der Waals surface area contributed by atoms with Crippen LogP contribution in [-0.2, 0) is 5.41 Å². The lowest BCUT2D eigenvalue weighted by Crippen LogP contribution is -2.13. The second kappa shape index (κ2) is 4.49. The van der Waals surface area contributed by atoms with E-state index in [-0.39, 0.29) is 10.8 Å². The maximum Gasteiger partial charge on any atom is 0.249 e. The highest BCUT2D eigenvalue weighted by Gasteiger charge is 2.24. The molecule has 2 rings (SSSR count). The van der Waals surface area contributed by atoms with Crippen molar-refractivity contribution in [2.45, 2.75) is 31.6 Å². The molecule has 0 spiro atoms. The SMILES string of the molecule is CC(C)(C)c1noc(C(Cl)c2ccccc2)n1. The summed E-state index contributed by atoms with van der Waals surface area (Å²) in [7, 11) is 0. The number of benzene rings is 1.